The number of hydrogen-bond donors (Lipinski definition) is 0. The summed E-state index contributed by atoms with van der Waals surface area (Å²) in [6.45, 7) is 4.05. The zero-order valence-electron chi connectivity index (χ0n) is 14.2. The molecule has 0 saturated heterocycles. The number of fused-ring (bicyclic) bond motifs is 1. The van der Waals surface area contributed by atoms with E-state index in [0.29, 0.717) is 11.9 Å². The first kappa shape index (κ1) is 16.9. The van der Waals surface area contributed by atoms with E-state index in [2.05, 4.69) is 57.7 Å². The third-order valence-corrected chi connectivity index (χ3v) is 4.53. The molecule has 0 unspecified atom stereocenters. The van der Waals surface area contributed by atoms with Gasteiger partial charge in [0, 0.05) is 25.3 Å². The van der Waals surface area contributed by atoms with E-state index in [-0.39, 0.29) is 0 Å². The van der Waals surface area contributed by atoms with Gasteiger partial charge in [-0.25, -0.2) is 9.97 Å². The van der Waals surface area contributed by atoms with Gasteiger partial charge in [-0.1, -0.05) is 37.3 Å². The number of hydrogen-bond acceptors (Lipinski definition) is 3. The molecule has 0 aliphatic rings. The third kappa shape index (κ3) is 3.60. The average Bonchev–Trinajstić information content (AvgIpc) is 2.99. The lowest BCUT2D eigenvalue weighted by atomic mass is 10.1. The largest absolute Gasteiger partial charge is 0.307 e. The van der Waals surface area contributed by atoms with Crippen LogP contribution in [0.5, 0.6) is 0 Å². The Morgan fingerprint density at radius 2 is 1.96 bits per heavy atom. The van der Waals surface area contributed by atoms with E-state index in [1.165, 1.54) is 5.56 Å². The van der Waals surface area contributed by atoms with Crippen LogP contribution in [0, 0.1) is 0 Å². The van der Waals surface area contributed by atoms with Crippen molar-refractivity contribution in [1.29, 1.82) is 0 Å². The van der Waals surface area contributed by atoms with Gasteiger partial charge in [0.15, 0.2) is 5.65 Å². The molecule has 24 heavy (non-hydrogen) atoms. The van der Waals surface area contributed by atoms with E-state index < -0.39 is 0 Å². The van der Waals surface area contributed by atoms with Gasteiger partial charge < -0.3 is 9.47 Å². The molecule has 4 nitrogen and oxygen atoms in total. The molecule has 0 saturated carbocycles. The van der Waals surface area contributed by atoms with Crippen molar-refractivity contribution < 1.29 is 0 Å². The van der Waals surface area contributed by atoms with Gasteiger partial charge in [-0.2, -0.15) is 0 Å². The fourth-order valence-corrected chi connectivity index (χ4v) is 3.36. The number of pyridine rings is 1. The Balaban J connectivity index is 1.83. The maximum absolute atomic E-state index is 6.15. The molecule has 0 N–H and O–H groups in total. The molecular weight excluding hydrogens is 320 g/mol. The van der Waals surface area contributed by atoms with Crippen LogP contribution in [0.3, 0.4) is 0 Å². The molecule has 0 fully saturated rings. The summed E-state index contributed by atoms with van der Waals surface area (Å²) in [6, 6.07) is 14.8. The molecular formula is C19H23ClN4. The number of rotatable bonds is 7. The second-order valence-corrected chi connectivity index (χ2v) is 6.39. The number of alkyl halides is 1. The first-order valence-corrected chi connectivity index (χ1v) is 8.86. The zero-order chi connectivity index (χ0) is 16.9. The molecule has 126 valence electrons. The van der Waals surface area contributed by atoms with Gasteiger partial charge >= 0.3 is 0 Å². The standard InChI is InChI=1S/C19H23ClN4/c1-3-16(14-23(2)13-15-8-5-4-6-9-15)24-18(12-20)22-17-10-7-11-21-19(17)24/h4-11,16H,3,12-14H2,1-2H3/t16-/m0/s1. The van der Waals surface area contributed by atoms with Gasteiger partial charge in [0.2, 0.25) is 0 Å². The van der Waals surface area contributed by atoms with Crippen molar-refractivity contribution in [2.45, 2.75) is 31.8 Å². The fourth-order valence-electron chi connectivity index (χ4n) is 3.17. The lowest BCUT2D eigenvalue weighted by Crippen LogP contribution is -2.28. The quantitative estimate of drug-likeness (QED) is 0.602. The Morgan fingerprint density at radius 3 is 2.67 bits per heavy atom. The highest BCUT2D eigenvalue weighted by Gasteiger charge is 2.19. The van der Waals surface area contributed by atoms with Crippen molar-refractivity contribution in [1.82, 2.24) is 19.4 Å². The SMILES string of the molecule is CC[C@@H](CN(C)Cc1ccccc1)n1c(CCl)nc2cccnc21. The Hall–Kier alpha value is -1.91. The van der Waals surface area contributed by atoms with Crippen molar-refractivity contribution >= 4 is 22.8 Å². The van der Waals surface area contributed by atoms with E-state index in [4.69, 9.17) is 11.6 Å². The van der Waals surface area contributed by atoms with Crippen LogP contribution in [0.15, 0.2) is 48.7 Å². The number of imidazole rings is 1. The van der Waals surface area contributed by atoms with Crippen LogP contribution in [0.25, 0.3) is 11.2 Å². The minimum absolute atomic E-state index is 0.298. The highest BCUT2D eigenvalue weighted by Crippen LogP contribution is 2.24. The van der Waals surface area contributed by atoms with Gasteiger partial charge in [0.05, 0.1) is 5.88 Å². The Labute approximate surface area is 148 Å². The number of halogens is 1. The molecule has 3 aromatic rings. The first-order valence-electron chi connectivity index (χ1n) is 8.33. The van der Waals surface area contributed by atoms with Crippen LogP contribution in [-0.4, -0.2) is 33.0 Å². The fraction of sp³-hybridized carbons (Fsp3) is 0.368. The van der Waals surface area contributed by atoms with Gasteiger partial charge in [-0.05, 0) is 31.2 Å². The highest BCUT2D eigenvalue weighted by molar-refractivity contribution is 6.16. The average molecular weight is 343 g/mol. The predicted octanol–water partition coefficient (Wildman–Crippen LogP) is 4.25. The number of nitrogens with zero attached hydrogens (tertiary/aromatic N) is 4. The van der Waals surface area contributed by atoms with E-state index in [1.807, 2.05) is 24.4 Å². The lowest BCUT2D eigenvalue weighted by Gasteiger charge is -2.25. The molecule has 2 heterocycles. The van der Waals surface area contributed by atoms with Crippen molar-refractivity contribution in [3.05, 3.63) is 60.0 Å². The first-order chi connectivity index (χ1) is 11.7. The summed E-state index contributed by atoms with van der Waals surface area (Å²) in [7, 11) is 2.16. The maximum Gasteiger partial charge on any atom is 0.160 e. The summed E-state index contributed by atoms with van der Waals surface area (Å²) in [4.78, 5) is 11.5. The van der Waals surface area contributed by atoms with E-state index >= 15 is 0 Å². The second-order valence-electron chi connectivity index (χ2n) is 6.12. The summed E-state index contributed by atoms with van der Waals surface area (Å²) in [6.07, 6.45) is 2.82. The van der Waals surface area contributed by atoms with Crippen LogP contribution in [0.1, 0.15) is 30.8 Å². The predicted molar refractivity (Wildman–Crippen MR) is 99.2 cm³/mol. The number of likely N-dealkylation sites (N-methyl/N-ethyl adjacent to an activating group) is 1. The molecule has 2 aromatic heterocycles. The van der Waals surface area contributed by atoms with Crippen LogP contribution in [0.2, 0.25) is 0 Å². The highest BCUT2D eigenvalue weighted by atomic mass is 35.5. The van der Waals surface area contributed by atoms with Crippen molar-refractivity contribution in [2.75, 3.05) is 13.6 Å². The van der Waals surface area contributed by atoms with E-state index in [9.17, 15) is 0 Å². The Bertz CT molecular complexity index is 784. The van der Waals surface area contributed by atoms with Crippen molar-refractivity contribution in [3.63, 3.8) is 0 Å². The monoisotopic (exact) mass is 342 g/mol. The Morgan fingerprint density at radius 1 is 1.17 bits per heavy atom. The van der Waals surface area contributed by atoms with Crippen molar-refractivity contribution in [2.24, 2.45) is 0 Å². The molecule has 0 aliphatic heterocycles. The van der Waals surface area contributed by atoms with Gasteiger partial charge in [0.1, 0.15) is 11.3 Å². The minimum Gasteiger partial charge on any atom is -0.307 e. The van der Waals surface area contributed by atoms with E-state index in [0.717, 1.165) is 36.5 Å². The van der Waals surface area contributed by atoms with Crippen LogP contribution < -0.4 is 0 Å². The normalized spacial score (nSPS) is 12.8. The molecule has 0 radical (unpaired) electrons. The van der Waals surface area contributed by atoms with Gasteiger partial charge in [0.25, 0.3) is 0 Å². The Kier molecular flexibility index (Phi) is 5.48. The summed E-state index contributed by atoms with van der Waals surface area (Å²) >= 11 is 6.15. The van der Waals surface area contributed by atoms with Crippen molar-refractivity contribution in [3.8, 4) is 0 Å². The molecule has 1 atom stereocenters. The van der Waals surface area contributed by atoms with Crippen LogP contribution in [0.4, 0.5) is 0 Å². The third-order valence-electron chi connectivity index (χ3n) is 4.30. The number of aromatic nitrogens is 3. The second kappa shape index (κ2) is 7.77. The summed E-state index contributed by atoms with van der Waals surface area (Å²) in [5.74, 6) is 1.29. The molecule has 3 rings (SSSR count). The summed E-state index contributed by atoms with van der Waals surface area (Å²) in [5, 5.41) is 0. The minimum atomic E-state index is 0.298. The maximum atomic E-state index is 6.15. The van der Waals surface area contributed by atoms with Gasteiger partial charge in [-0.3, -0.25) is 0 Å². The number of benzene rings is 1. The summed E-state index contributed by atoms with van der Waals surface area (Å²) in [5.41, 5.74) is 3.16. The summed E-state index contributed by atoms with van der Waals surface area (Å²) < 4.78 is 2.21. The van der Waals surface area contributed by atoms with Crippen LogP contribution in [-0.2, 0) is 12.4 Å². The molecule has 0 aliphatic carbocycles. The van der Waals surface area contributed by atoms with Gasteiger partial charge in [-0.15, -0.1) is 11.6 Å². The topological polar surface area (TPSA) is 34.0 Å². The molecule has 0 bridgehead atoms. The van der Waals surface area contributed by atoms with E-state index in [1.54, 1.807) is 0 Å². The molecule has 5 heteroatoms. The molecule has 0 spiro atoms. The zero-order valence-corrected chi connectivity index (χ0v) is 14.9. The molecule has 0 amide bonds. The smallest absolute Gasteiger partial charge is 0.160 e. The van der Waals surface area contributed by atoms with Crippen LogP contribution >= 0.6 is 11.6 Å². The lowest BCUT2D eigenvalue weighted by molar-refractivity contribution is 0.264. The molecule has 1 aromatic carbocycles.